The van der Waals surface area contributed by atoms with Crippen LogP contribution < -0.4 is 15.1 Å². The molecule has 0 bridgehead atoms. The molecular weight excluding hydrogens is 474 g/mol. The van der Waals surface area contributed by atoms with Crippen molar-refractivity contribution in [3.05, 3.63) is 71.6 Å². The molecule has 32 heavy (non-hydrogen) atoms. The molecule has 2 radical (unpaired) electrons. The molecule has 1 aliphatic rings. The van der Waals surface area contributed by atoms with Crippen LogP contribution in [0.5, 0.6) is 0 Å². The maximum absolute atomic E-state index is 13.3. The summed E-state index contributed by atoms with van der Waals surface area (Å²) in [6.07, 6.45) is 7.48. The van der Waals surface area contributed by atoms with Gasteiger partial charge in [0, 0.05) is 6.20 Å². The average Bonchev–Trinajstić information content (AvgIpc) is 2.75. The number of carbonyl (C=O) groups excluding carboxylic acids is 2. The Morgan fingerprint density at radius 1 is 1.09 bits per heavy atom. The molecule has 2 amide bonds. The number of nitrogens with one attached hydrogen (secondary N) is 2. The van der Waals surface area contributed by atoms with Gasteiger partial charge in [-0.15, -0.1) is 0 Å². The molecule has 0 saturated heterocycles. The third-order valence-corrected chi connectivity index (χ3v) is 6.16. The summed E-state index contributed by atoms with van der Waals surface area (Å²) >= 11 is 2.27. The van der Waals surface area contributed by atoms with E-state index >= 15 is 0 Å². The second kappa shape index (κ2) is 8.85. The van der Waals surface area contributed by atoms with Gasteiger partial charge in [0.1, 0.15) is 5.82 Å². The van der Waals surface area contributed by atoms with Gasteiger partial charge in [0.25, 0.3) is 0 Å². The number of pyridine rings is 3. The van der Waals surface area contributed by atoms with Gasteiger partial charge in [0.2, 0.25) is 0 Å². The van der Waals surface area contributed by atoms with Crippen molar-refractivity contribution in [2.75, 3.05) is 10.6 Å². The number of carbonyl (C=O) groups is 2. The van der Waals surface area contributed by atoms with Crippen LogP contribution in [0.15, 0.2) is 49.1 Å². The summed E-state index contributed by atoms with van der Waals surface area (Å²) < 4.78 is 13.8. The molecule has 0 aromatic carbocycles. The topological polar surface area (TPSA) is 121 Å². The third-order valence-electron chi connectivity index (χ3n) is 5.41. The second-order valence-electron chi connectivity index (χ2n) is 7.37. The van der Waals surface area contributed by atoms with Crippen LogP contribution in [0.4, 0.5) is 15.9 Å². The van der Waals surface area contributed by atoms with Gasteiger partial charge in [-0.1, -0.05) is 0 Å². The molecule has 1 fully saturated rings. The normalized spacial score (nSPS) is 14.0. The Hall–Kier alpha value is -3.63. The van der Waals surface area contributed by atoms with Gasteiger partial charge >= 0.3 is 158 Å². The molecule has 0 aliphatic heterocycles. The average molecular weight is 490 g/mol. The number of amides is 2. The summed E-state index contributed by atoms with van der Waals surface area (Å²) in [7, 11) is 0. The first-order valence-electron chi connectivity index (χ1n) is 9.70. The predicted octanol–water partition coefficient (Wildman–Crippen LogP) is 1.99. The second-order valence-corrected chi connectivity index (χ2v) is 8.26. The molecule has 2 N–H and O–H groups in total. The van der Waals surface area contributed by atoms with Crippen LogP contribution in [-0.4, -0.2) is 43.6 Å². The van der Waals surface area contributed by atoms with Gasteiger partial charge < -0.3 is 0 Å². The predicted molar refractivity (Wildman–Crippen MR) is 115 cm³/mol. The maximum atomic E-state index is 13.3. The van der Waals surface area contributed by atoms with Crippen LogP contribution in [0.25, 0.3) is 0 Å². The molecule has 3 aromatic rings. The number of aromatic nitrogens is 3. The summed E-state index contributed by atoms with van der Waals surface area (Å²) in [6, 6.07) is 8.04. The quantitative estimate of drug-likeness (QED) is 0.528. The van der Waals surface area contributed by atoms with Crippen LogP contribution in [0.1, 0.15) is 40.7 Å². The molecule has 8 nitrogen and oxygen atoms in total. The molecule has 0 unspecified atom stereocenters. The monoisotopic (exact) mass is 490 g/mol. The minimum absolute atomic E-state index is 0.0766. The van der Waals surface area contributed by atoms with E-state index in [9.17, 15) is 14.0 Å². The number of hydrogen-bond acceptors (Lipinski definition) is 6. The Morgan fingerprint density at radius 3 is 2.53 bits per heavy atom. The van der Waals surface area contributed by atoms with Gasteiger partial charge in [0.05, 0.1) is 6.20 Å². The first kappa shape index (κ1) is 21.6. The Bertz CT molecular complexity index is 1240. The summed E-state index contributed by atoms with van der Waals surface area (Å²) in [5.74, 6) is -1.07. The van der Waals surface area contributed by atoms with E-state index in [0.717, 1.165) is 24.2 Å². The fourth-order valence-corrected chi connectivity index (χ4v) is 3.88. The molecule has 3 aromatic heterocycles. The standard InChI is InChI=1S/C22H16AsFN6O2/c23-19-17(6-13(8-25)9-28-19)29-21(32)22(4-1-5-22)15-2-3-18(27-11-15)30-20(31)14-7-16(24)12-26-10-14/h2-3,6-7,9-12H,1,4-5H2,(H,29,32)(H,27,30,31). The molecule has 0 atom stereocenters. The molecule has 3 heterocycles. The van der Waals surface area contributed by atoms with Gasteiger partial charge in [-0.3, -0.25) is 4.98 Å². The van der Waals surface area contributed by atoms with Crippen LogP contribution in [0.2, 0.25) is 0 Å². The van der Waals surface area contributed by atoms with Gasteiger partial charge in [-0.05, 0) is 6.07 Å². The first-order valence-corrected chi connectivity index (χ1v) is 10.6. The van der Waals surface area contributed by atoms with E-state index in [1.807, 2.05) is 6.07 Å². The number of rotatable bonds is 5. The molecule has 1 aliphatic carbocycles. The van der Waals surface area contributed by atoms with Gasteiger partial charge in [0.15, 0.2) is 0 Å². The Kier molecular flexibility index (Phi) is 5.97. The number of halogens is 1. The van der Waals surface area contributed by atoms with Crippen molar-refractivity contribution >= 4 is 44.7 Å². The zero-order chi connectivity index (χ0) is 22.7. The number of anilines is 2. The van der Waals surface area contributed by atoms with Gasteiger partial charge in [-0.25, -0.2) is 4.39 Å². The minimum atomic E-state index is -0.746. The van der Waals surface area contributed by atoms with Crippen LogP contribution in [0.3, 0.4) is 0 Å². The van der Waals surface area contributed by atoms with Crippen molar-refractivity contribution in [3.8, 4) is 6.07 Å². The first-order chi connectivity index (χ1) is 15.4. The molecule has 158 valence electrons. The summed E-state index contributed by atoms with van der Waals surface area (Å²) in [5, 5.41) is 14.6. The van der Waals surface area contributed by atoms with Crippen molar-refractivity contribution in [2.45, 2.75) is 24.7 Å². The van der Waals surface area contributed by atoms with E-state index in [2.05, 4.69) is 42.4 Å². The fraction of sp³-hybridized carbons (Fsp3) is 0.182. The summed E-state index contributed by atoms with van der Waals surface area (Å²) in [6.45, 7) is 0. The summed E-state index contributed by atoms with van der Waals surface area (Å²) in [5.41, 5.74) is 0.884. The Labute approximate surface area is 191 Å². The van der Waals surface area contributed by atoms with Crippen molar-refractivity contribution in [3.63, 3.8) is 0 Å². The molecule has 4 rings (SSSR count). The SMILES string of the molecule is N#Cc1cnc([As])c(NC(=O)C2(c3ccc(NC(=O)c4cncc(F)c4)nc3)CCC2)c1. The van der Waals surface area contributed by atoms with E-state index in [4.69, 9.17) is 5.26 Å². The fourth-order valence-electron chi connectivity index (χ4n) is 3.51. The van der Waals surface area contributed by atoms with E-state index in [1.165, 1.54) is 12.4 Å². The van der Waals surface area contributed by atoms with E-state index in [-0.39, 0.29) is 17.3 Å². The Balaban J connectivity index is 1.51. The molecular formula is C22H16AsFN6O2. The number of hydrogen-bond donors (Lipinski definition) is 2. The third kappa shape index (κ3) is 4.23. The van der Waals surface area contributed by atoms with Gasteiger partial charge in [-0.2, -0.15) is 0 Å². The number of nitrogens with zero attached hydrogens (tertiary/aromatic N) is 4. The van der Waals surface area contributed by atoms with Crippen molar-refractivity contribution in [1.82, 2.24) is 15.0 Å². The van der Waals surface area contributed by atoms with Crippen LogP contribution in [-0.2, 0) is 10.2 Å². The van der Waals surface area contributed by atoms with Crippen molar-refractivity contribution in [1.29, 1.82) is 5.26 Å². The molecule has 1 saturated carbocycles. The zero-order valence-electron chi connectivity index (χ0n) is 16.7. The molecule has 0 spiro atoms. The van der Waals surface area contributed by atoms with Crippen LogP contribution >= 0.6 is 0 Å². The van der Waals surface area contributed by atoms with E-state index in [1.54, 1.807) is 24.4 Å². The van der Waals surface area contributed by atoms with Crippen LogP contribution in [0, 0.1) is 17.1 Å². The summed E-state index contributed by atoms with van der Waals surface area (Å²) in [4.78, 5) is 37.5. The molecule has 10 heteroatoms. The Morgan fingerprint density at radius 2 is 1.91 bits per heavy atom. The zero-order valence-corrected chi connectivity index (χ0v) is 18.5. The van der Waals surface area contributed by atoms with E-state index < -0.39 is 17.1 Å². The van der Waals surface area contributed by atoms with Crippen molar-refractivity contribution < 1.29 is 14.0 Å². The number of nitriles is 1. The van der Waals surface area contributed by atoms with E-state index in [0.29, 0.717) is 28.6 Å². The van der Waals surface area contributed by atoms with Crippen molar-refractivity contribution in [2.24, 2.45) is 0 Å².